The molecule has 1 unspecified atom stereocenters. The van der Waals surface area contributed by atoms with E-state index in [4.69, 9.17) is 0 Å². The first kappa shape index (κ1) is 13.1. The van der Waals surface area contributed by atoms with E-state index in [0.29, 0.717) is 12.2 Å². The number of anilines is 1. The van der Waals surface area contributed by atoms with Gasteiger partial charge < -0.3 is 0 Å². The van der Waals surface area contributed by atoms with E-state index in [9.17, 15) is 8.42 Å². The Hall–Kier alpha value is -1.85. The molecule has 2 aromatic carbocycles. The smallest absolute Gasteiger partial charge is 0.253 e. The van der Waals surface area contributed by atoms with Crippen LogP contribution in [0.15, 0.2) is 54.6 Å². The highest BCUT2D eigenvalue weighted by atomic mass is 32.2. The van der Waals surface area contributed by atoms with Gasteiger partial charge >= 0.3 is 0 Å². The van der Waals surface area contributed by atoms with Crippen molar-refractivity contribution >= 4 is 15.7 Å². The topological polar surface area (TPSA) is 58.2 Å². The molecule has 2 aromatic rings. The largest absolute Gasteiger partial charge is 0.296 e. The summed E-state index contributed by atoms with van der Waals surface area (Å²) in [5.41, 5.74) is 2.51. The van der Waals surface area contributed by atoms with Gasteiger partial charge in [0, 0.05) is 12.2 Å². The molecule has 3 rings (SSSR count). The van der Waals surface area contributed by atoms with Gasteiger partial charge in [0.1, 0.15) is 0 Å². The van der Waals surface area contributed by atoms with Crippen molar-refractivity contribution in [3.63, 3.8) is 0 Å². The summed E-state index contributed by atoms with van der Waals surface area (Å²) in [4.78, 5) is 0. The number of sulfonamides is 1. The number of benzene rings is 2. The monoisotopic (exact) mass is 288 g/mol. The molecule has 0 radical (unpaired) electrons. The highest BCUT2D eigenvalue weighted by molar-refractivity contribution is 7.92. The molecule has 1 aliphatic rings. The van der Waals surface area contributed by atoms with Crippen LogP contribution in [0.25, 0.3) is 0 Å². The fraction of sp³-hybridized carbons (Fsp3) is 0.200. The molecule has 1 atom stereocenters. The van der Waals surface area contributed by atoms with Crippen LogP contribution in [0.3, 0.4) is 0 Å². The normalized spacial score (nSPS) is 18.3. The lowest BCUT2D eigenvalue weighted by atomic mass is 10.0. The molecular weight excluding hydrogens is 272 g/mol. The van der Waals surface area contributed by atoms with E-state index in [-0.39, 0.29) is 0 Å². The molecule has 0 saturated heterocycles. The molecule has 0 aromatic heterocycles. The number of hydrogen-bond acceptors (Lipinski definition) is 3. The predicted molar refractivity (Wildman–Crippen MR) is 79.9 cm³/mol. The summed E-state index contributed by atoms with van der Waals surface area (Å²) >= 11 is 0. The number of para-hydroxylation sites is 1. The second kappa shape index (κ2) is 5.26. The van der Waals surface area contributed by atoms with Crippen LogP contribution in [-0.2, 0) is 16.4 Å². The SMILES string of the molecule is O=S(=O)(Nc1ccccc1)C1NCCc2ccccc21. The highest BCUT2D eigenvalue weighted by Gasteiger charge is 2.31. The van der Waals surface area contributed by atoms with Crippen molar-refractivity contribution in [3.05, 3.63) is 65.7 Å². The summed E-state index contributed by atoms with van der Waals surface area (Å²) < 4.78 is 27.7. The molecule has 20 heavy (non-hydrogen) atoms. The zero-order chi connectivity index (χ0) is 14.0. The summed E-state index contributed by atoms with van der Waals surface area (Å²) in [5, 5.41) is 2.38. The first-order valence-corrected chi connectivity index (χ1v) is 8.09. The number of fused-ring (bicyclic) bond motifs is 1. The van der Waals surface area contributed by atoms with Gasteiger partial charge in [0.15, 0.2) is 5.37 Å². The Labute approximate surface area is 118 Å². The third-order valence-electron chi connectivity index (χ3n) is 3.41. The van der Waals surface area contributed by atoms with Crippen LogP contribution in [0.4, 0.5) is 5.69 Å². The van der Waals surface area contributed by atoms with Gasteiger partial charge in [-0.3, -0.25) is 10.0 Å². The maximum Gasteiger partial charge on any atom is 0.253 e. The van der Waals surface area contributed by atoms with Crippen LogP contribution in [0.1, 0.15) is 16.5 Å². The molecule has 0 saturated carbocycles. The number of rotatable bonds is 3. The van der Waals surface area contributed by atoms with Gasteiger partial charge in [-0.25, -0.2) is 8.42 Å². The van der Waals surface area contributed by atoms with E-state index < -0.39 is 15.4 Å². The van der Waals surface area contributed by atoms with Gasteiger partial charge in [-0.15, -0.1) is 0 Å². The molecule has 5 heteroatoms. The Bertz CT molecular complexity index is 699. The minimum atomic E-state index is -3.51. The number of hydrogen-bond donors (Lipinski definition) is 2. The molecule has 0 bridgehead atoms. The van der Waals surface area contributed by atoms with E-state index in [0.717, 1.165) is 17.5 Å². The summed E-state index contributed by atoms with van der Waals surface area (Å²) in [6.45, 7) is 0.664. The zero-order valence-corrected chi connectivity index (χ0v) is 11.7. The second-order valence-corrected chi connectivity index (χ2v) is 6.56. The molecular formula is C15H16N2O2S. The lowest BCUT2D eigenvalue weighted by Crippen LogP contribution is -2.37. The van der Waals surface area contributed by atoms with Crippen LogP contribution in [-0.4, -0.2) is 15.0 Å². The van der Waals surface area contributed by atoms with Crippen molar-refractivity contribution in [2.75, 3.05) is 11.3 Å². The fourth-order valence-electron chi connectivity index (χ4n) is 2.47. The van der Waals surface area contributed by atoms with E-state index in [1.54, 1.807) is 24.3 Å². The molecule has 0 fully saturated rings. The third-order valence-corrected chi connectivity index (χ3v) is 4.97. The average molecular weight is 288 g/mol. The Morgan fingerprint density at radius 2 is 1.70 bits per heavy atom. The fourth-order valence-corrected chi connectivity index (χ4v) is 3.96. The summed E-state index contributed by atoms with van der Waals surface area (Å²) in [6.07, 6.45) is 0.855. The molecule has 4 nitrogen and oxygen atoms in total. The number of nitrogens with one attached hydrogen (secondary N) is 2. The second-order valence-electron chi connectivity index (χ2n) is 4.80. The van der Waals surface area contributed by atoms with Gasteiger partial charge in [-0.05, 0) is 29.7 Å². The van der Waals surface area contributed by atoms with Gasteiger partial charge in [0.2, 0.25) is 0 Å². The predicted octanol–water partition coefficient (Wildman–Crippen LogP) is 2.27. The minimum absolute atomic E-state index is 0.581. The lowest BCUT2D eigenvalue weighted by Gasteiger charge is -2.27. The van der Waals surface area contributed by atoms with Crippen molar-refractivity contribution in [2.24, 2.45) is 0 Å². The van der Waals surface area contributed by atoms with Crippen LogP contribution < -0.4 is 10.0 Å². The van der Waals surface area contributed by atoms with Gasteiger partial charge in [0.25, 0.3) is 10.0 Å². The molecule has 0 spiro atoms. The highest BCUT2D eigenvalue weighted by Crippen LogP contribution is 2.28. The van der Waals surface area contributed by atoms with Crippen molar-refractivity contribution in [3.8, 4) is 0 Å². The van der Waals surface area contributed by atoms with Crippen molar-refractivity contribution in [2.45, 2.75) is 11.8 Å². The average Bonchev–Trinajstić information content (AvgIpc) is 2.47. The van der Waals surface area contributed by atoms with E-state index >= 15 is 0 Å². The van der Waals surface area contributed by atoms with Gasteiger partial charge in [0.05, 0.1) is 0 Å². The Kier molecular flexibility index (Phi) is 3.46. The maximum atomic E-state index is 12.5. The Morgan fingerprint density at radius 1 is 1.00 bits per heavy atom. The minimum Gasteiger partial charge on any atom is -0.296 e. The zero-order valence-electron chi connectivity index (χ0n) is 10.9. The van der Waals surface area contributed by atoms with Crippen molar-refractivity contribution in [1.29, 1.82) is 0 Å². The van der Waals surface area contributed by atoms with E-state index in [1.807, 2.05) is 30.3 Å². The van der Waals surface area contributed by atoms with Crippen LogP contribution in [0.5, 0.6) is 0 Å². The van der Waals surface area contributed by atoms with Gasteiger partial charge in [-0.1, -0.05) is 42.5 Å². The summed E-state index contributed by atoms with van der Waals surface area (Å²) in [7, 11) is -3.51. The Morgan fingerprint density at radius 3 is 2.50 bits per heavy atom. The molecule has 2 N–H and O–H groups in total. The van der Waals surface area contributed by atoms with Crippen LogP contribution in [0, 0.1) is 0 Å². The summed E-state index contributed by atoms with van der Waals surface area (Å²) in [5.74, 6) is 0. The van der Waals surface area contributed by atoms with Crippen LogP contribution >= 0.6 is 0 Å². The molecule has 0 amide bonds. The van der Waals surface area contributed by atoms with Gasteiger partial charge in [-0.2, -0.15) is 0 Å². The first-order valence-electron chi connectivity index (χ1n) is 6.55. The summed E-state index contributed by atoms with van der Waals surface area (Å²) in [6, 6.07) is 16.6. The molecule has 1 heterocycles. The van der Waals surface area contributed by atoms with Crippen LogP contribution in [0.2, 0.25) is 0 Å². The first-order chi connectivity index (χ1) is 9.67. The van der Waals surface area contributed by atoms with Crippen molar-refractivity contribution in [1.82, 2.24) is 5.32 Å². The maximum absolute atomic E-state index is 12.5. The molecule has 0 aliphatic carbocycles. The Balaban J connectivity index is 1.93. The van der Waals surface area contributed by atoms with E-state index in [1.165, 1.54) is 0 Å². The standard InChI is InChI=1S/C15H16N2O2S/c18-20(19,17-13-7-2-1-3-8-13)15-14-9-5-4-6-12(14)10-11-16-15/h1-9,15-17H,10-11H2. The lowest BCUT2D eigenvalue weighted by molar-refractivity contribution is 0.547. The molecule has 1 aliphatic heterocycles. The van der Waals surface area contributed by atoms with Crippen molar-refractivity contribution < 1.29 is 8.42 Å². The van der Waals surface area contributed by atoms with E-state index in [2.05, 4.69) is 10.0 Å². The molecule has 104 valence electrons. The quantitative estimate of drug-likeness (QED) is 0.911. The third kappa shape index (κ3) is 2.55.